The summed E-state index contributed by atoms with van der Waals surface area (Å²) >= 11 is 0. The highest BCUT2D eigenvalue weighted by Gasteiger charge is 2.53. The van der Waals surface area contributed by atoms with E-state index >= 15 is 0 Å². The van der Waals surface area contributed by atoms with Crippen LogP contribution in [0.1, 0.15) is 33.6 Å². The number of allylic oxidation sites excluding steroid dienone is 2. The maximum Gasteiger partial charge on any atom is 0.187 e. The van der Waals surface area contributed by atoms with E-state index in [0.29, 0.717) is 11.5 Å². The lowest BCUT2D eigenvalue weighted by atomic mass is 9.58. The molecule has 0 amide bonds. The van der Waals surface area contributed by atoms with Gasteiger partial charge in [0.25, 0.3) is 0 Å². The van der Waals surface area contributed by atoms with Crippen molar-refractivity contribution in [1.82, 2.24) is 4.90 Å². The third kappa shape index (κ3) is 2.79. The van der Waals surface area contributed by atoms with Crippen LogP contribution >= 0.6 is 0 Å². The van der Waals surface area contributed by atoms with Crippen LogP contribution in [0.4, 0.5) is 0 Å². The summed E-state index contributed by atoms with van der Waals surface area (Å²) in [5.74, 6) is 0.166. The molecule has 0 unspecified atom stereocenters. The SMILES string of the molecule is CCCN1CC=C2C(C#N)=C(N)C(C#N)(C#N)[C@@H](CC(C)C)[C@@H]2C1. The van der Waals surface area contributed by atoms with Gasteiger partial charge < -0.3 is 5.73 Å². The lowest BCUT2D eigenvalue weighted by molar-refractivity contribution is 0.148. The number of hydrogen-bond acceptors (Lipinski definition) is 5. The van der Waals surface area contributed by atoms with Crippen LogP contribution in [0.25, 0.3) is 0 Å². The number of nitrogens with two attached hydrogens (primary N) is 1. The second-order valence-electron chi connectivity index (χ2n) is 7.19. The fraction of sp³-hybridized carbons (Fsp3) is 0.632. The van der Waals surface area contributed by atoms with Gasteiger partial charge >= 0.3 is 0 Å². The molecular formula is C19H25N5. The van der Waals surface area contributed by atoms with Gasteiger partial charge in [-0.2, -0.15) is 15.8 Å². The number of nitrogens with zero attached hydrogens (tertiary/aromatic N) is 4. The van der Waals surface area contributed by atoms with Crippen molar-refractivity contribution in [3.8, 4) is 18.2 Å². The molecule has 2 aliphatic rings. The quantitative estimate of drug-likeness (QED) is 0.857. The molecule has 0 saturated heterocycles. The third-order valence-corrected chi connectivity index (χ3v) is 5.18. The van der Waals surface area contributed by atoms with Gasteiger partial charge in [-0.25, -0.2) is 0 Å². The highest BCUT2D eigenvalue weighted by molar-refractivity contribution is 5.56. The summed E-state index contributed by atoms with van der Waals surface area (Å²) < 4.78 is 0. The molecule has 2 rings (SSSR count). The Morgan fingerprint density at radius 1 is 1.33 bits per heavy atom. The number of nitriles is 3. The Balaban J connectivity index is 2.63. The van der Waals surface area contributed by atoms with Crippen LogP contribution in [-0.2, 0) is 0 Å². The van der Waals surface area contributed by atoms with Crippen LogP contribution in [0.15, 0.2) is 22.9 Å². The zero-order chi connectivity index (χ0) is 17.9. The van der Waals surface area contributed by atoms with E-state index in [2.05, 4.69) is 50.0 Å². The first-order valence-corrected chi connectivity index (χ1v) is 8.60. The van der Waals surface area contributed by atoms with Crippen LogP contribution in [0.2, 0.25) is 0 Å². The molecule has 0 aromatic carbocycles. The molecule has 0 aromatic rings. The third-order valence-electron chi connectivity index (χ3n) is 5.18. The molecule has 1 heterocycles. The molecule has 2 N–H and O–H groups in total. The van der Waals surface area contributed by atoms with Gasteiger partial charge in [-0.3, -0.25) is 4.90 Å². The van der Waals surface area contributed by atoms with Gasteiger partial charge in [0, 0.05) is 24.9 Å². The Labute approximate surface area is 144 Å². The summed E-state index contributed by atoms with van der Waals surface area (Å²) in [6, 6.07) is 6.51. The summed E-state index contributed by atoms with van der Waals surface area (Å²) in [5, 5.41) is 29.3. The zero-order valence-corrected chi connectivity index (χ0v) is 14.7. The molecule has 1 aliphatic carbocycles. The van der Waals surface area contributed by atoms with E-state index in [0.717, 1.165) is 38.0 Å². The van der Waals surface area contributed by atoms with Crippen LogP contribution < -0.4 is 5.73 Å². The minimum absolute atomic E-state index is 0.00829. The Morgan fingerprint density at radius 3 is 2.50 bits per heavy atom. The van der Waals surface area contributed by atoms with Crippen LogP contribution in [0.5, 0.6) is 0 Å². The normalized spacial score (nSPS) is 26.1. The predicted molar refractivity (Wildman–Crippen MR) is 91.7 cm³/mol. The maximum absolute atomic E-state index is 9.84. The summed E-state index contributed by atoms with van der Waals surface area (Å²) in [6.45, 7) is 8.87. The Morgan fingerprint density at radius 2 is 2.00 bits per heavy atom. The second-order valence-corrected chi connectivity index (χ2v) is 7.19. The first kappa shape index (κ1) is 18.1. The van der Waals surface area contributed by atoms with E-state index in [9.17, 15) is 15.8 Å². The molecule has 0 saturated carbocycles. The summed E-state index contributed by atoms with van der Waals surface area (Å²) in [6.07, 6.45) is 3.86. The minimum atomic E-state index is -1.41. The van der Waals surface area contributed by atoms with Crippen molar-refractivity contribution in [2.75, 3.05) is 19.6 Å². The molecule has 0 fully saturated rings. The molecule has 24 heavy (non-hydrogen) atoms. The summed E-state index contributed by atoms with van der Waals surface area (Å²) in [5.41, 5.74) is 6.23. The van der Waals surface area contributed by atoms with Crippen molar-refractivity contribution >= 4 is 0 Å². The molecule has 5 nitrogen and oxygen atoms in total. The fourth-order valence-corrected chi connectivity index (χ4v) is 4.10. The van der Waals surface area contributed by atoms with Gasteiger partial charge in [0.2, 0.25) is 0 Å². The van der Waals surface area contributed by atoms with Crippen molar-refractivity contribution < 1.29 is 0 Å². The monoisotopic (exact) mass is 323 g/mol. The first-order chi connectivity index (χ1) is 11.4. The van der Waals surface area contributed by atoms with E-state index in [4.69, 9.17) is 5.73 Å². The van der Waals surface area contributed by atoms with Crippen molar-refractivity contribution in [3.63, 3.8) is 0 Å². The van der Waals surface area contributed by atoms with Crippen LogP contribution in [0, 0.1) is 57.2 Å². The first-order valence-electron chi connectivity index (χ1n) is 8.60. The van der Waals surface area contributed by atoms with Gasteiger partial charge in [0.05, 0.1) is 23.4 Å². The number of rotatable bonds is 4. The van der Waals surface area contributed by atoms with Gasteiger partial charge in [-0.15, -0.1) is 0 Å². The smallest absolute Gasteiger partial charge is 0.187 e. The molecule has 0 radical (unpaired) electrons. The minimum Gasteiger partial charge on any atom is -0.399 e. The molecule has 5 heteroatoms. The predicted octanol–water partition coefficient (Wildman–Crippen LogP) is 2.70. The van der Waals surface area contributed by atoms with E-state index < -0.39 is 5.41 Å². The van der Waals surface area contributed by atoms with Crippen molar-refractivity contribution in [2.24, 2.45) is 28.9 Å². The molecule has 2 atom stereocenters. The average Bonchev–Trinajstić information content (AvgIpc) is 2.56. The van der Waals surface area contributed by atoms with Gasteiger partial charge in [-0.05, 0) is 30.9 Å². The Hall–Kier alpha value is -2.29. The zero-order valence-electron chi connectivity index (χ0n) is 14.7. The molecule has 0 aromatic heterocycles. The standard InChI is InChI=1S/C19H25N5/c1-4-6-24-7-5-14-15(9-20)18(23)19(11-21,12-22)17(8-13(2)3)16(14)10-24/h5,13,16-17H,4,6-8,10,23H2,1-3H3/t16-,17+/m1/s1. The second kappa shape index (κ2) is 7.08. The lowest BCUT2D eigenvalue weighted by Gasteiger charge is -2.46. The largest absolute Gasteiger partial charge is 0.399 e. The van der Waals surface area contributed by atoms with Gasteiger partial charge in [0.1, 0.15) is 6.07 Å². The molecule has 0 spiro atoms. The molecule has 1 aliphatic heterocycles. The molecular weight excluding hydrogens is 298 g/mol. The number of fused-ring (bicyclic) bond motifs is 1. The van der Waals surface area contributed by atoms with Crippen molar-refractivity contribution in [1.29, 1.82) is 15.8 Å². The highest BCUT2D eigenvalue weighted by atomic mass is 15.1. The van der Waals surface area contributed by atoms with Crippen molar-refractivity contribution in [2.45, 2.75) is 33.6 Å². The topological polar surface area (TPSA) is 101 Å². The summed E-state index contributed by atoms with van der Waals surface area (Å²) in [4.78, 5) is 2.33. The Bertz CT molecular complexity index is 666. The fourth-order valence-electron chi connectivity index (χ4n) is 4.10. The summed E-state index contributed by atoms with van der Waals surface area (Å²) in [7, 11) is 0. The maximum atomic E-state index is 9.84. The van der Waals surface area contributed by atoms with Gasteiger partial charge in [0.15, 0.2) is 5.41 Å². The van der Waals surface area contributed by atoms with Crippen molar-refractivity contribution in [3.05, 3.63) is 22.9 Å². The van der Waals surface area contributed by atoms with Gasteiger partial charge in [-0.1, -0.05) is 26.8 Å². The van der Waals surface area contributed by atoms with E-state index in [-0.39, 0.29) is 17.5 Å². The van der Waals surface area contributed by atoms with Crippen LogP contribution in [-0.4, -0.2) is 24.5 Å². The van der Waals surface area contributed by atoms with Crippen LogP contribution in [0.3, 0.4) is 0 Å². The van der Waals surface area contributed by atoms with E-state index in [1.807, 2.05) is 0 Å². The van der Waals surface area contributed by atoms with E-state index in [1.165, 1.54) is 0 Å². The highest BCUT2D eigenvalue weighted by Crippen LogP contribution is 2.51. The molecule has 126 valence electrons. The number of hydrogen-bond donors (Lipinski definition) is 1. The van der Waals surface area contributed by atoms with E-state index in [1.54, 1.807) is 0 Å². The molecule has 0 bridgehead atoms. The average molecular weight is 323 g/mol. The Kier molecular flexibility index (Phi) is 5.33. The lowest BCUT2D eigenvalue weighted by Crippen LogP contribution is -2.49.